The molecule has 4 heteroatoms. The van der Waals surface area contributed by atoms with Crippen molar-refractivity contribution in [3.8, 4) is 5.69 Å². The van der Waals surface area contributed by atoms with Crippen LogP contribution in [0.4, 0.5) is 5.69 Å². The lowest BCUT2D eigenvalue weighted by molar-refractivity contribution is 0.0601. The number of nitrogens with zero attached hydrogens (tertiary/aromatic N) is 2. The van der Waals surface area contributed by atoms with Gasteiger partial charge in [-0.05, 0) is 62.6 Å². The quantitative estimate of drug-likeness (QED) is 0.437. The van der Waals surface area contributed by atoms with E-state index in [9.17, 15) is 4.79 Å². The number of methoxy groups -OCH3 is 1. The summed E-state index contributed by atoms with van der Waals surface area (Å²) >= 11 is 0. The number of carbonyl (C=O) groups is 1. The number of rotatable bonds is 5. The van der Waals surface area contributed by atoms with Crippen molar-refractivity contribution >= 4 is 17.9 Å². The predicted octanol–water partition coefficient (Wildman–Crippen LogP) is 5.50. The minimum absolute atomic E-state index is 0.359. The standard InChI is InChI=1S/C24H26N2O2/c1-6-19-10-7-9-16(2)23(19)26-17(3)13-21(18(26)4)15-25-22-12-8-11-20(14-22)24(27)28-5/h7-15H,6H2,1-5H3. The van der Waals surface area contributed by atoms with Crippen molar-refractivity contribution in [2.45, 2.75) is 34.1 Å². The van der Waals surface area contributed by atoms with E-state index in [1.807, 2.05) is 18.3 Å². The summed E-state index contributed by atoms with van der Waals surface area (Å²) in [6.45, 7) is 8.57. The summed E-state index contributed by atoms with van der Waals surface area (Å²) < 4.78 is 7.09. The van der Waals surface area contributed by atoms with Crippen molar-refractivity contribution in [3.63, 3.8) is 0 Å². The average Bonchev–Trinajstić information content (AvgIpc) is 2.99. The van der Waals surface area contributed by atoms with Crippen LogP contribution in [0.2, 0.25) is 0 Å². The van der Waals surface area contributed by atoms with E-state index in [0.29, 0.717) is 5.56 Å². The van der Waals surface area contributed by atoms with Crippen LogP contribution in [0.5, 0.6) is 0 Å². The maximum atomic E-state index is 11.7. The zero-order chi connectivity index (χ0) is 20.3. The van der Waals surface area contributed by atoms with Crippen molar-refractivity contribution in [1.29, 1.82) is 0 Å². The van der Waals surface area contributed by atoms with Gasteiger partial charge in [0.25, 0.3) is 0 Å². The number of aryl methyl sites for hydroxylation is 3. The maximum Gasteiger partial charge on any atom is 0.337 e. The molecule has 0 aliphatic heterocycles. The summed E-state index contributed by atoms with van der Waals surface area (Å²) in [6.07, 6.45) is 2.84. The van der Waals surface area contributed by atoms with Gasteiger partial charge in [-0.25, -0.2) is 4.79 Å². The number of para-hydroxylation sites is 1. The number of ether oxygens (including phenoxy) is 1. The molecule has 0 aliphatic carbocycles. The Morgan fingerprint density at radius 1 is 1.11 bits per heavy atom. The largest absolute Gasteiger partial charge is 0.465 e. The molecular weight excluding hydrogens is 348 g/mol. The first kappa shape index (κ1) is 19.6. The molecule has 28 heavy (non-hydrogen) atoms. The van der Waals surface area contributed by atoms with E-state index in [2.05, 4.69) is 61.5 Å². The molecule has 0 saturated heterocycles. The van der Waals surface area contributed by atoms with Crippen LogP contribution < -0.4 is 0 Å². The molecule has 3 aromatic rings. The van der Waals surface area contributed by atoms with Gasteiger partial charge in [-0.3, -0.25) is 4.99 Å². The van der Waals surface area contributed by atoms with Crippen molar-refractivity contribution in [2.24, 2.45) is 4.99 Å². The lowest BCUT2D eigenvalue weighted by atomic mass is 10.1. The highest BCUT2D eigenvalue weighted by atomic mass is 16.5. The molecule has 4 nitrogen and oxygen atoms in total. The van der Waals surface area contributed by atoms with Crippen molar-refractivity contribution in [1.82, 2.24) is 4.57 Å². The Kier molecular flexibility index (Phi) is 5.78. The Morgan fingerprint density at radius 2 is 1.86 bits per heavy atom. The summed E-state index contributed by atoms with van der Waals surface area (Å²) in [5, 5.41) is 0. The molecule has 1 aromatic heterocycles. The molecule has 0 radical (unpaired) electrons. The summed E-state index contributed by atoms with van der Waals surface area (Å²) in [6, 6.07) is 15.7. The van der Waals surface area contributed by atoms with Gasteiger partial charge in [0.2, 0.25) is 0 Å². The van der Waals surface area contributed by atoms with Crippen LogP contribution in [-0.4, -0.2) is 23.9 Å². The molecule has 0 amide bonds. The second-order valence-corrected chi connectivity index (χ2v) is 6.90. The molecule has 0 aliphatic rings. The zero-order valence-corrected chi connectivity index (χ0v) is 17.1. The second-order valence-electron chi connectivity index (χ2n) is 6.90. The predicted molar refractivity (Wildman–Crippen MR) is 114 cm³/mol. The van der Waals surface area contributed by atoms with E-state index in [4.69, 9.17) is 4.74 Å². The second kappa shape index (κ2) is 8.26. The smallest absolute Gasteiger partial charge is 0.337 e. The Hall–Kier alpha value is -3.14. The first-order chi connectivity index (χ1) is 13.5. The minimum Gasteiger partial charge on any atom is -0.465 e. The Morgan fingerprint density at radius 3 is 2.57 bits per heavy atom. The molecule has 2 aromatic carbocycles. The van der Waals surface area contributed by atoms with E-state index in [0.717, 1.165) is 23.4 Å². The topological polar surface area (TPSA) is 43.6 Å². The van der Waals surface area contributed by atoms with Crippen LogP contribution >= 0.6 is 0 Å². The first-order valence-corrected chi connectivity index (χ1v) is 9.46. The van der Waals surface area contributed by atoms with Crippen molar-refractivity contribution < 1.29 is 9.53 Å². The number of benzene rings is 2. The third kappa shape index (κ3) is 3.77. The van der Waals surface area contributed by atoms with Gasteiger partial charge in [-0.15, -0.1) is 0 Å². The highest BCUT2D eigenvalue weighted by Crippen LogP contribution is 2.26. The highest BCUT2D eigenvalue weighted by molar-refractivity contribution is 5.91. The van der Waals surface area contributed by atoms with Crippen LogP contribution in [0.1, 0.15) is 45.4 Å². The van der Waals surface area contributed by atoms with Crippen LogP contribution in [0, 0.1) is 20.8 Å². The number of esters is 1. The van der Waals surface area contributed by atoms with Crippen LogP contribution in [0.25, 0.3) is 5.69 Å². The fraction of sp³-hybridized carbons (Fsp3) is 0.250. The fourth-order valence-electron chi connectivity index (χ4n) is 3.56. The minimum atomic E-state index is -0.359. The number of aromatic nitrogens is 1. The summed E-state index contributed by atoms with van der Waals surface area (Å²) in [7, 11) is 1.38. The third-order valence-electron chi connectivity index (χ3n) is 5.02. The molecule has 0 unspecified atom stereocenters. The number of hydrogen-bond acceptors (Lipinski definition) is 3. The number of hydrogen-bond donors (Lipinski definition) is 0. The van der Waals surface area contributed by atoms with Gasteiger partial charge in [0.05, 0.1) is 24.0 Å². The highest BCUT2D eigenvalue weighted by Gasteiger charge is 2.14. The molecule has 0 spiro atoms. The summed E-state index contributed by atoms with van der Waals surface area (Å²) in [5.74, 6) is -0.359. The van der Waals surface area contributed by atoms with Gasteiger partial charge in [-0.1, -0.05) is 31.2 Å². The average molecular weight is 374 g/mol. The van der Waals surface area contributed by atoms with Crippen molar-refractivity contribution in [2.75, 3.05) is 7.11 Å². The SMILES string of the molecule is CCc1cccc(C)c1-n1c(C)cc(C=Nc2cccc(C(=O)OC)c2)c1C. The molecular formula is C24H26N2O2. The van der Waals surface area contributed by atoms with E-state index in [-0.39, 0.29) is 5.97 Å². The third-order valence-corrected chi connectivity index (χ3v) is 5.02. The molecule has 0 bridgehead atoms. The van der Waals surface area contributed by atoms with Gasteiger partial charge in [0.1, 0.15) is 0 Å². The van der Waals surface area contributed by atoms with Gasteiger partial charge in [-0.2, -0.15) is 0 Å². The lowest BCUT2D eigenvalue weighted by Crippen LogP contribution is -2.05. The summed E-state index contributed by atoms with van der Waals surface area (Å²) in [5.41, 5.74) is 8.44. The Labute approximate surface area is 166 Å². The van der Waals surface area contributed by atoms with E-state index < -0.39 is 0 Å². The molecule has 1 heterocycles. The molecule has 0 atom stereocenters. The van der Waals surface area contributed by atoms with Crippen LogP contribution in [0.15, 0.2) is 53.5 Å². The molecule has 0 saturated carbocycles. The van der Waals surface area contributed by atoms with Crippen molar-refractivity contribution in [3.05, 3.63) is 82.2 Å². The molecule has 3 rings (SSSR count). The van der Waals surface area contributed by atoms with Gasteiger partial charge >= 0.3 is 5.97 Å². The lowest BCUT2D eigenvalue weighted by Gasteiger charge is -2.17. The van der Waals surface area contributed by atoms with Crippen LogP contribution in [0.3, 0.4) is 0 Å². The van der Waals surface area contributed by atoms with E-state index in [1.54, 1.807) is 12.1 Å². The Balaban J connectivity index is 2.00. The number of aliphatic imine (C=N–C) groups is 1. The summed E-state index contributed by atoms with van der Waals surface area (Å²) in [4.78, 5) is 16.3. The van der Waals surface area contributed by atoms with Gasteiger partial charge < -0.3 is 9.30 Å². The molecule has 144 valence electrons. The first-order valence-electron chi connectivity index (χ1n) is 9.46. The van der Waals surface area contributed by atoms with E-state index >= 15 is 0 Å². The van der Waals surface area contributed by atoms with Gasteiger partial charge in [0.15, 0.2) is 0 Å². The van der Waals surface area contributed by atoms with Crippen LogP contribution in [-0.2, 0) is 11.2 Å². The normalized spacial score (nSPS) is 11.2. The number of carbonyl (C=O) groups excluding carboxylic acids is 1. The monoisotopic (exact) mass is 374 g/mol. The molecule has 0 fully saturated rings. The van der Waals surface area contributed by atoms with E-state index in [1.165, 1.54) is 29.6 Å². The maximum absolute atomic E-state index is 11.7. The Bertz CT molecular complexity index is 1040. The fourth-order valence-corrected chi connectivity index (χ4v) is 3.56. The zero-order valence-electron chi connectivity index (χ0n) is 17.1. The molecule has 0 N–H and O–H groups in total. The van der Waals surface area contributed by atoms with Gasteiger partial charge in [0, 0.05) is 23.2 Å².